The van der Waals surface area contributed by atoms with E-state index in [1.165, 1.54) is 0 Å². The number of nitrogens with two attached hydrogens (primary N) is 2. The van der Waals surface area contributed by atoms with E-state index in [0.717, 1.165) is 137 Å². The lowest BCUT2D eigenvalue weighted by atomic mass is 9.85. The lowest BCUT2D eigenvalue weighted by molar-refractivity contribution is -0.171. The smallest absolute Gasteiger partial charge is 0.405 e. The van der Waals surface area contributed by atoms with Gasteiger partial charge in [0.15, 0.2) is 11.6 Å². The molecule has 31 nitrogen and oxygen atoms in total. The summed E-state index contributed by atoms with van der Waals surface area (Å²) in [4.78, 5) is 119. The van der Waals surface area contributed by atoms with Crippen molar-refractivity contribution in [3.05, 3.63) is 216 Å². The van der Waals surface area contributed by atoms with Crippen LogP contribution in [0.25, 0.3) is 43.9 Å². The minimum absolute atomic E-state index is 0.00785. The third-order valence-electron chi connectivity index (χ3n) is 23.5. The van der Waals surface area contributed by atoms with Crippen molar-refractivity contribution in [2.75, 3.05) is 95.2 Å². The number of unbranched alkanes of at least 4 members (excludes halogenated alkanes) is 3. The van der Waals surface area contributed by atoms with E-state index in [9.17, 15) is 53.4 Å². The summed E-state index contributed by atoms with van der Waals surface area (Å²) in [6.45, 7) is 21.0. The molecule has 4 atom stereocenters. The zero-order chi connectivity index (χ0) is 99.2. The number of nitrogens with one attached hydrogen (secondary N) is 5. The molecular weight excluding hydrogens is 1740 g/mol. The van der Waals surface area contributed by atoms with E-state index in [4.69, 9.17) is 76.0 Å². The highest BCUT2D eigenvalue weighted by Gasteiger charge is 2.51. The molecule has 0 saturated heterocycles. The molecule has 11 rings (SSSR count). The van der Waals surface area contributed by atoms with Crippen LogP contribution in [0.3, 0.4) is 0 Å². The van der Waals surface area contributed by atoms with E-state index in [-0.39, 0.29) is 124 Å². The van der Waals surface area contributed by atoms with E-state index in [0.29, 0.717) is 114 Å². The molecule has 6 aromatic carbocycles. The number of carboxylic acids is 1. The molecule has 0 spiro atoms. The van der Waals surface area contributed by atoms with Crippen LogP contribution < -0.4 is 48.0 Å². The summed E-state index contributed by atoms with van der Waals surface area (Å²) in [5, 5.41) is 55.6. The van der Waals surface area contributed by atoms with Gasteiger partial charge in [0.1, 0.15) is 32.2 Å². The highest BCUT2D eigenvalue weighted by Crippen LogP contribution is 2.46. The first kappa shape index (κ1) is 104. The van der Waals surface area contributed by atoms with Gasteiger partial charge in [-0.3, -0.25) is 33.6 Å². The van der Waals surface area contributed by atoms with Crippen molar-refractivity contribution in [3.63, 3.8) is 0 Å². The Bertz CT molecular complexity index is 5260. The van der Waals surface area contributed by atoms with Gasteiger partial charge in [0, 0.05) is 92.0 Å². The van der Waals surface area contributed by atoms with E-state index >= 15 is 0 Å². The summed E-state index contributed by atoms with van der Waals surface area (Å²) in [5.74, 6) is -3.48. The van der Waals surface area contributed by atoms with Crippen molar-refractivity contribution in [1.82, 2.24) is 25.5 Å². The number of amides is 2. The highest BCUT2D eigenvalue weighted by atomic mass is 35.5. The first-order valence-electron chi connectivity index (χ1n) is 47.4. The molecule has 2 aromatic heterocycles. The number of nitrogen functional groups attached to an aromatic ring is 1. The number of benzene rings is 6. The fraction of sp³-hybridized carbons (Fsp3) is 0.480. The summed E-state index contributed by atoms with van der Waals surface area (Å²) in [5.41, 5.74) is 29.9. The minimum Gasteiger partial charge on any atom is -0.543 e. The van der Waals surface area contributed by atoms with Gasteiger partial charge in [-0.05, 0) is 226 Å². The largest absolute Gasteiger partial charge is 0.543 e. The second kappa shape index (κ2) is 56.2. The van der Waals surface area contributed by atoms with E-state index < -0.39 is 55.1 Å². The van der Waals surface area contributed by atoms with Crippen molar-refractivity contribution in [2.45, 2.75) is 220 Å². The van der Waals surface area contributed by atoms with Crippen molar-refractivity contribution < 1.29 is 91.0 Å². The number of aliphatic carboxylic acids is 1. The molecule has 33 heteroatoms. The lowest BCUT2D eigenvalue weighted by Crippen LogP contribution is -2.46. The van der Waals surface area contributed by atoms with Gasteiger partial charge in [0.05, 0.1) is 73.8 Å². The number of esters is 2. The predicted octanol–water partition coefficient (Wildman–Crippen LogP) is 15.8. The number of fused-ring (bicyclic) bond motifs is 8. The quantitative estimate of drug-likeness (QED) is 0.00194. The molecule has 3 aliphatic rings. The molecule has 1 aliphatic carbocycles. The molecule has 4 unspecified atom stereocenters. The molecular formula is C100H135ClN12O19Si. The minimum atomic E-state index is -2.04. The number of ketones is 2. The van der Waals surface area contributed by atoms with Crippen LogP contribution in [0.4, 0.5) is 21.9 Å². The number of cyclic esters (lactones) is 1. The average molecular weight is 1880 g/mol. The van der Waals surface area contributed by atoms with Crippen molar-refractivity contribution >= 4 is 94.6 Å². The van der Waals surface area contributed by atoms with Gasteiger partial charge in [-0.2, -0.15) is 0 Å². The molecule has 133 heavy (non-hydrogen) atoms. The maximum Gasteiger partial charge on any atom is 0.405 e. The summed E-state index contributed by atoms with van der Waals surface area (Å²) < 4.78 is 56.1. The number of aliphatic hydroxyl groups is 3. The fourth-order valence-electron chi connectivity index (χ4n) is 15.1. The Labute approximate surface area is 789 Å². The average Bonchev–Trinajstić information content (AvgIpc) is 1.52. The summed E-state index contributed by atoms with van der Waals surface area (Å²) in [6.07, 6.45) is 8.01. The first-order chi connectivity index (χ1) is 65.3. The van der Waals surface area contributed by atoms with Crippen LogP contribution in [-0.2, 0) is 102 Å². The Morgan fingerprint density at radius 2 is 1.24 bits per heavy atom. The number of carbonyl (C=O) groups excluding carboxylic acids is 7. The normalized spacial score (nSPS) is 14.2. The van der Waals surface area contributed by atoms with Crippen LogP contribution in [0.15, 0.2) is 156 Å². The molecule has 13 N–H and O–H groups in total. The Kier molecular flexibility index (Phi) is 43.9. The number of aliphatic hydroxyl groups excluding tert-OH is 3. The summed E-state index contributed by atoms with van der Waals surface area (Å²) >= 11 is 5.56. The number of carboxylic acid groups (broad SMARTS) is 1. The number of halogens is 1. The Balaban J connectivity index is 0.000000244. The third-order valence-corrected chi connectivity index (χ3v) is 27.9. The van der Waals surface area contributed by atoms with Gasteiger partial charge in [-0.15, -0.1) is 0 Å². The molecule has 8 aromatic rings. The number of pyridine rings is 2. The third kappa shape index (κ3) is 33.5. The first-order valence-corrected chi connectivity index (χ1v) is 48.6. The number of azide groups is 1. The van der Waals surface area contributed by atoms with Crippen molar-refractivity contribution in [1.29, 1.82) is 0 Å². The predicted molar refractivity (Wildman–Crippen MR) is 519 cm³/mol. The van der Waals surface area contributed by atoms with E-state index in [1.807, 2.05) is 36.4 Å². The topological polar surface area (TPSA) is 469 Å². The number of anilines is 3. The number of carbonyl (C=O) groups is 8. The second-order valence-corrected chi connectivity index (χ2v) is 39.0. The van der Waals surface area contributed by atoms with Gasteiger partial charge < -0.3 is 91.2 Å². The maximum atomic E-state index is 13.7. The number of Topliss-reactive ketones (excluding diaryl/α,β-unsaturated/α-hetero) is 2. The molecule has 0 radical (unpaired) electrons. The van der Waals surface area contributed by atoms with Crippen molar-refractivity contribution in [3.8, 4) is 28.3 Å². The second-order valence-electron chi connectivity index (χ2n) is 33.9. The van der Waals surface area contributed by atoms with E-state index in [1.54, 1.807) is 90.4 Å². The van der Waals surface area contributed by atoms with Gasteiger partial charge in [-0.1, -0.05) is 165 Å². The number of aryl methyl sites for hydroxylation is 1. The molecule has 2 amide bonds. The number of hydrogen-bond acceptors (Lipinski definition) is 25. The van der Waals surface area contributed by atoms with Crippen LogP contribution in [0.1, 0.15) is 205 Å². The van der Waals surface area contributed by atoms with Crippen LogP contribution >= 0.6 is 11.6 Å². The maximum absolute atomic E-state index is 13.7. The molecule has 0 fully saturated rings. The zero-order valence-electron chi connectivity index (χ0n) is 80.6. The number of hydrogen-bond donors (Lipinski definition) is 11. The number of rotatable bonds is 48. The van der Waals surface area contributed by atoms with Gasteiger partial charge >= 0.3 is 23.3 Å². The van der Waals surface area contributed by atoms with Crippen LogP contribution in [0.5, 0.6) is 5.75 Å². The van der Waals surface area contributed by atoms with Crippen molar-refractivity contribution in [2.24, 2.45) is 22.7 Å². The van der Waals surface area contributed by atoms with E-state index in [2.05, 4.69) is 108 Å². The summed E-state index contributed by atoms with van der Waals surface area (Å²) in [6, 6.07) is 44.4. The molecule has 720 valence electrons. The summed E-state index contributed by atoms with van der Waals surface area (Å²) in [7, 11) is -2.04. The molecule has 0 saturated carbocycles. The number of aromatic nitrogens is 2. The Hall–Kier alpha value is -11.1. The standard InChI is InChI=1S/C29H33ClN2O6Si.C25H39N5O6.C24H29NO4.C15H25N3O2.C7H9NO/c1-8-17-18-12-16(38-39(6,7)28(3,4)5)10-11-22(18)31-24-19(17)14-32-23(24)13-21-20(25(32)33)15-36-26(34)29(21,9-2)37-27(30)35;1-2-27-12-4-3-6-21(25(34)29-22-10-8-20(17-31)9-11-22)16-24(33)19-36-18-23(32)7-5-14-35-15-13-28-30-26;1-2-25-14-8-7-9-17(24(27)28)15-23(26)29-16-22-20-12-5-3-10-18(20)19-11-4-6-13-21(19)22;1-2-17-10-4-3-5-14(16)15(20)18-13-8-6-12(11-19)7-9-13;8-7-3-1-6(5-9)2-4-7/h10-13H,8-9,14-15H2,1-7H3;8-11,21,27,31H,2-7,12-19H2,1H3,(H,29,34);3-6,10-13,17,22,25H,2,7-9,14-16H2,1H3,(H,27,28);6-9,14,17,19H,2-5,10-11,16H2,1H3,(H,18,20);1-4,9H,5,8H2/i;3*1T;. The van der Waals surface area contributed by atoms with Crippen LogP contribution in [0.2, 0.25) is 18.1 Å². The Morgan fingerprint density at radius 1 is 0.692 bits per heavy atom. The molecule has 0 bridgehead atoms. The fourth-order valence-corrected chi connectivity index (χ4v) is 16.2. The van der Waals surface area contributed by atoms with Gasteiger partial charge in [0.2, 0.25) is 25.7 Å². The zero-order valence-corrected chi connectivity index (χ0v) is 79.4. The highest BCUT2D eigenvalue weighted by molar-refractivity contribution is 6.74. The molecule has 4 heterocycles. The van der Waals surface area contributed by atoms with Crippen LogP contribution in [-0.4, -0.2) is 170 Å². The number of ether oxygens (including phenoxy) is 5. The lowest BCUT2D eigenvalue weighted by Gasteiger charge is -2.36. The van der Waals surface area contributed by atoms with Gasteiger partial charge in [0.25, 0.3) is 5.56 Å². The molecule has 2 aliphatic heterocycles. The SMILES string of the molecule is CCc1c2c(nc3ccc(O[Si](C)(C)C(C)(C)C)cc13)-c1cc3c(c(=O)n1C2)COC(=O)C3(CC)OC(=O)Cl.Nc1ccc(CO)cc1.[3H]CCNCCCCC(CC(=O)COCC(=O)CCCOCCN=[N+]=[N-])C(=O)Nc1ccc(CO)cc1.[3H]CCNCCCCC(CC(=O)OCC1c2ccccc2-c2ccccc21)C(=O)O.[3H]CCNCCCCC(N)C(=O)Nc1ccc(CO)cc1. The van der Waals surface area contributed by atoms with Crippen LogP contribution in [0, 0.1) is 11.8 Å². The monoisotopic (exact) mass is 1880 g/mol. The van der Waals surface area contributed by atoms with Gasteiger partial charge in [-0.25, -0.2) is 14.6 Å². The Morgan fingerprint density at radius 3 is 1.77 bits per heavy atom. The number of nitrogens with zero attached hydrogens (tertiary/aromatic N) is 5.